The minimum absolute atomic E-state index is 0.281. The molecule has 3 heteroatoms. The highest BCUT2D eigenvalue weighted by atomic mass is 32.2. The van der Waals surface area contributed by atoms with Gasteiger partial charge in [0.2, 0.25) is 0 Å². The Hall–Kier alpha value is 0.270. The molecule has 1 heterocycles. The summed E-state index contributed by atoms with van der Waals surface area (Å²) in [5.41, 5.74) is 0.281. The molecule has 0 saturated carbocycles. The van der Waals surface area contributed by atoms with Crippen LogP contribution in [-0.4, -0.2) is 47.1 Å². The number of thioether (sulfide) groups is 1. The molecule has 102 valence electrons. The summed E-state index contributed by atoms with van der Waals surface area (Å²) in [4.78, 5) is 2.66. The number of nitrogens with one attached hydrogen (secondary N) is 1. The van der Waals surface area contributed by atoms with Crippen LogP contribution in [0.5, 0.6) is 0 Å². The van der Waals surface area contributed by atoms with Gasteiger partial charge in [0.1, 0.15) is 0 Å². The van der Waals surface area contributed by atoms with Crippen molar-refractivity contribution in [3.8, 4) is 0 Å². The van der Waals surface area contributed by atoms with Crippen molar-refractivity contribution in [2.24, 2.45) is 0 Å². The van der Waals surface area contributed by atoms with E-state index in [1.54, 1.807) is 0 Å². The van der Waals surface area contributed by atoms with Crippen molar-refractivity contribution in [3.63, 3.8) is 0 Å². The zero-order valence-electron chi connectivity index (χ0n) is 12.3. The fourth-order valence-electron chi connectivity index (χ4n) is 2.07. The molecule has 0 radical (unpaired) electrons. The molecule has 17 heavy (non-hydrogen) atoms. The smallest absolute Gasteiger partial charge is 0.0193 e. The van der Waals surface area contributed by atoms with Crippen LogP contribution in [0.2, 0.25) is 0 Å². The summed E-state index contributed by atoms with van der Waals surface area (Å²) in [6, 6.07) is 0.663. The fourth-order valence-corrected chi connectivity index (χ4v) is 3.27. The second-order valence-electron chi connectivity index (χ2n) is 5.86. The molecule has 1 saturated heterocycles. The molecule has 0 bridgehead atoms. The van der Waals surface area contributed by atoms with E-state index in [0.717, 1.165) is 11.8 Å². The lowest BCUT2D eigenvalue weighted by Crippen LogP contribution is -2.50. The minimum Gasteiger partial charge on any atom is -0.310 e. The van der Waals surface area contributed by atoms with Crippen LogP contribution in [0, 0.1) is 0 Å². The van der Waals surface area contributed by atoms with Crippen molar-refractivity contribution in [1.29, 1.82) is 0 Å². The lowest BCUT2D eigenvalue weighted by Gasteiger charge is -2.38. The molecule has 0 aromatic heterocycles. The lowest BCUT2D eigenvalue weighted by molar-refractivity contribution is 0.196. The molecule has 0 aromatic rings. The van der Waals surface area contributed by atoms with Crippen molar-refractivity contribution in [3.05, 3.63) is 0 Å². The van der Waals surface area contributed by atoms with Gasteiger partial charge < -0.3 is 5.32 Å². The number of hydrogen-bond acceptors (Lipinski definition) is 3. The van der Waals surface area contributed by atoms with Gasteiger partial charge in [0.25, 0.3) is 0 Å². The van der Waals surface area contributed by atoms with Gasteiger partial charge in [-0.15, -0.1) is 0 Å². The SMILES string of the molecule is CCC1CN(C(C)CNC(C)(C)CC)CCS1. The van der Waals surface area contributed by atoms with Crippen molar-refractivity contribution < 1.29 is 0 Å². The van der Waals surface area contributed by atoms with Crippen molar-refractivity contribution in [1.82, 2.24) is 10.2 Å². The summed E-state index contributed by atoms with van der Waals surface area (Å²) in [7, 11) is 0. The third-order valence-electron chi connectivity index (χ3n) is 4.01. The Morgan fingerprint density at radius 2 is 2.12 bits per heavy atom. The Morgan fingerprint density at radius 3 is 2.71 bits per heavy atom. The first-order valence-electron chi connectivity index (χ1n) is 7.09. The van der Waals surface area contributed by atoms with E-state index in [-0.39, 0.29) is 5.54 Å². The van der Waals surface area contributed by atoms with E-state index >= 15 is 0 Å². The van der Waals surface area contributed by atoms with Crippen LogP contribution in [0.25, 0.3) is 0 Å². The van der Waals surface area contributed by atoms with Crippen LogP contribution in [0.1, 0.15) is 47.5 Å². The summed E-state index contributed by atoms with van der Waals surface area (Å²) >= 11 is 2.15. The van der Waals surface area contributed by atoms with E-state index in [4.69, 9.17) is 0 Å². The highest BCUT2D eigenvalue weighted by Crippen LogP contribution is 2.22. The average molecular weight is 258 g/mol. The summed E-state index contributed by atoms with van der Waals surface area (Å²) in [5.74, 6) is 1.31. The monoisotopic (exact) mass is 258 g/mol. The quantitative estimate of drug-likeness (QED) is 0.788. The normalized spacial score (nSPS) is 24.9. The third kappa shape index (κ3) is 5.19. The van der Waals surface area contributed by atoms with Gasteiger partial charge in [0, 0.05) is 42.2 Å². The Labute approximate surface area is 112 Å². The standard InChI is InChI=1S/C14H30N2S/c1-6-13-11-16(8-9-17-13)12(3)10-15-14(4,5)7-2/h12-13,15H,6-11H2,1-5H3. The molecule has 2 nitrogen and oxygen atoms in total. The first-order chi connectivity index (χ1) is 7.98. The van der Waals surface area contributed by atoms with Gasteiger partial charge in [-0.25, -0.2) is 0 Å². The van der Waals surface area contributed by atoms with Crippen LogP contribution in [-0.2, 0) is 0 Å². The van der Waals surface area contributed by atoms with Gasteiger partial charge in [0.15, 0.2) is 0 Å². The second-order valence-corrected chi connectivity index (χ2v) is 7.27. The van der Waals surface area contributed by atoms with Gasteiger partial charge in [-0.2, -0.15) is 11.8 Å². The van der Waals surface area contributed by atoms with Gasteiger partial charge in [-0.3, -0.25) is 4.90 Å². The van der Waals surface area contributed by atoms with Crippen LogP contribution >= 0.6 is 11.8 Å². The third-order valence-corrected chi connectivity index (χ3v) is 5.38. The maximum atomic E-state index is 3.69. The first-order valence-corrected chi connectivity index (χ1v) is 8.14. The zero-order valence-corrected chi connectivity index (χ0v) is 13.1. The average Bonchev–Trinajstić information content (AvgIpc) is 2.36. The van der Waals surface area contributed by atoms with Crippen molar-refractivity contribution in [2.45, 2.75) is 64.3 Å². The van der Waals surface area contributed by atoms with Crippen LogP contribution < -0.4 is 5.32 Å². The molecule has 0 aliphatic carbocycles. The molecule has 2 atom stereocenters. The lowest BCUT2D eigenvalue weighted by atomic mass is 10.0. The topological polar surface area (TPSA) is 15.3 Å². The Bertz CT molecular complexity index is 218. The fraction of sp³-hybridized carbons (Fsp3) is 1.00. The second kappa shape index (κ2) is 7.01. The molecule has 1 N–H and O–H groups in total. The van der Waals surface area contributed by atoms with E-state index in [0.29, 0.717) is 6.04 Å². The summed E-state index contributed by atoms with van der Waals surface area (Å²) < 4.78 is 0. The predicted octanol–water partition coefficient (Wildman–Crippen LogP) is 2.98. The Kier molecular flexibility index (Phi) is 6.32. The molecule has 1 aliphatic rings. The van der Waals surface area contributed by atoms with E-state index in [9.17, 15) is 0 Å². The summed E-state index contributed by atoms with van der Waals surface area (Å²) in [6.07, 6.45) is 2.49. The molecule has 0 spiro atoms. The molecular formula is C14H30N2S. The molecule has 0 aromatic carbocycles. The van der Waals surface area contributed by atoms with Crippen LogP contribution in [0.15, 0.2) is 0 Å². The van der Waals surface area contributed by atoms with Gasteiger partial charge >= 0.3 is 0 Å². The van der Waals surface area contributed by atoms with E-state index < -0.39 is 0 Å². The maximum Gasteiger partial charge on any atom is 0.0193 e. The number of nitrogens with zero attached hydrogens (tertiary/aromatic N) is 1. The summed E-state index contributed by atoms with van der Waals surface area (Å²) in [6.45, 7) is 15.2. The highest BCUT2D eigenvalue weighted by Gasteiger charge is 2.24. The zero-order chi connectivity index (χ0) is 12.9. The molecule has 1 rings (SSSR count). The van der Waals surface area contributed by atoms with E-state index in [1.807, 2.05) is 0 Å². The minimum atomic E-state index is 0.281. The van der Waals surface area contributed by atoms with E-state index in [2.05, 4.69) is 56.6 Å². The van der Waals surface area contributed by atoms with Crippen LogP contribution in [0.4, 0.5) is 0 Å². The van der Waals surface area contributed by atoms with Crippen LogP contribution in [0.3, 0.4) is 0 Å². The molecular weight excluding hydrogens is 228 g/mol. The Balaban J connectivity index is 2.34. The molecule has 1 aliphatic heterocycles. The van der Waals surface area contributed by atoms with E-state index in [1.165, 1.54) is 31.7 Å². The largest absolute Gasteiger partial charge is 0.310 e. The molecule has 2 unspecified atom stereocenters. The molecule has 0 amide bonds. The van der Waals surface area contributed by atoms with Gasteiger partial charge in [0.05, 0.1) is 0 Å². The molecule has 1 fully saturated rings. The number of rotatable bonds is 6. The Morgan fingerprint density at radius 1 is 1.41 bits per heavy atom. The van der Waals surface area contributed by atoms with Gasteiger partial charge in [-0.05, 0) is 33.6 Å². The predicted molar refractivity (Wildman–Crippen MR) is 79.9 cm³/mol. The summed E-state index contributed by atoms with van der Waals surface area (Å²) in [5, 5.41) is 4.54. The van der Waals surface area contributed by atoms with Gasteiger partial charge in [-0.1, -0.05) is 13.8 Å². The van der Waals surface area contributed by atoms with Crippen molar-refractivity contribution in [2.75, 3.05) is 25.4 Å². The van der Waals surface area contributed by atoms with Crippen molar-refractivity contribution >= 4 is 11.8 Å². The highest BCUT2D eigenvalue weighted by molar-refractivity contribution is 8.00. The number of hydrogen-bond donors (Lipinski definition) is 1. The maximum absolute atomic E-state index is 3.69. The first kappa shape index (κ1) is 15.3.